The summed E-state index contributed by atoms with van der Waals surface area (Å²) in [6.07, 6.45) is 3.60. The molecule has 1 aliphatic heterocycles. The van der Waals surface area contributed by atoms with Crippen LogP contribution >= 0.6 is 11.8 Å². The Morgan fingerprint density at radius 3 is 2.93 bits per heavy atom. The predicted octanol–water partition coefficient (Wildman–Crippen LogP) is 2.15. The van der Waals surface area contributed by atoms with Gasteiger partial charge in [-0.3, -0.25) is 0 Å². The van der Waals surface area contributed by atoms with Crippen LogP contribution in [0.2, 0.25) is 0 Å². The van der Waals surface area contributed by atoms with Gasteiger partial charge in [-0.2, -0.15) is 11.8 Å². The van der Waals surface area contributed by atoms with E-state index in [1.807, 2.05) is 0 Å². The monoisotopic (exact) mass is 218 g/mol. The fourth-order valence-corrected chi connectivity index (χ4v) is 2.70. The Balaban J connectivity index is 2.47. The second kappa shape index (κ2) is 5.61. The molecular formula is C10H18O3S. The van der Waals surface area contributed by atoms with Gasteiger partial charge in [0, 0.05) is 12.4 Å². The van der Waals surface area contributed by atoms with E-state index in [4.69, 9.17) is 9.84 Å². The molecule has 1 unspecified atom stereocenters. The van der Waals surface area contributed by atoms with Gasteiger partial charge in [-0.15, -0.1) is 0 Å². The highest BCUT2D eigenvalue weighted by atomic mass is 32.2. The number of thioether (sulfide) groups is 1. The zero-order chi connectivity index (χ0) is 10.4. The van der Waals surface area contributed by atoms with E-state index in [0.717, 1.165) is 25.0 Å². The van der Waals surface area contributed by atoms with Gasteiger partial charge in [0.1, 0.15) is 0 Å². The molecule has 1 rings (SSSR count). The maximum absolute atomic E-state index is 11.1. The first-order valence-corrected chi connectivity index (χ1v) is 6.32. The molecule has 1 saturated heterocycles. The lowest BCUT2D eigenvalue weighted by Crippen LogP contribution is -2.46. The molecule has 1 fully saturated rings. The zero-order valence-corrected chi connectivity index (χ0v) is 9.44. The number of carboxylic acids is 1. The molecule has 0 radical (unpaired) electrons. The highest BCUT2D eigenvalue weighted by Gasteiger charge is 2.40. The van der Waals surface area contributed by atoms with Crippen LogP contribution in [0.1, 0.15) is 32.6 Å². The molecule has 0 aromatic heterocycles. The summed E-state index contributed by atoms with van der Waals surface area (Å²) >= 11 is 1.68. The molecule has 0 aromatic carbocycles. The smallest absolute Gasteiger partial charge is 0.336 e. The van der Waals surface area contributed by atoms with Gasteiger partial charge in [-0.1, -0.05) is 13.3 Å². The molecule has 1 heterocycles. The maximum atomic E-state index is 11.1. The first-order chi connectivity index (χ1) is 6.71. The highest BCUT2D eigenvalue weighted by Crippen LogP contribution is 2.30. The first-order valence-electron chi connectivity index (χ1n) is 5.16. The Kier molecular flexibility index (Phi) is 4.75. The Morgan fingerprint density at radius 2 is 2.43 bits per heavy atom. The van der Waals surface area contributed by atoms with Gasteiger partial charge >= 0.3 is 5.97 Å². The Bertz CT molecular complexity index is 188. The first kappa shape index (κ1) is 11.9. The van der Waals surface area contributed by atoms with E-state index < -0.39 is 11.6 Å². The molecule has 0 bridgehead atoms. The lowest BCUT2D eigenvalue weighted by Gasteiger charge is -2.32. The van der Waals surface area contributed by atoms with Gasteiger partial charge in [0.25, 0.3) is 0 Å². The van der Waals surface area contributed by atoms with Crippen LogP contribution in [0.3, 0.4) is 0 Å². The number of carbonyl (C=O) groups is 1. The Morgan fingerprint density at radius 1 is 1.64 bits per heavy atom. The van der Waals surface area contributed by atoms with Crippen molar-refractivity contribution < 1.29 is 14.6 Å². The van der Waals surface area contributed by atoms with Gasteiger partial charge in [-0.25, -0.2) is 4.79 Å². The minimum atomic E-state index is -0.891. The van der Waals surface area contributed by atoms with E-state index in [1.54, 1.807) is 11.8 Å². The van der Waals surface area contributed by atoms with Crippen molar-refractivity contribution in [1.82, 2.24) is 0 Å². The van der Waals surface area contributed by atoms with Crippen molar-refractivity contribution in [1.29, 1.82) is 0 Å². The summed E-state index contributed by atoms with van der Waals surface area (Å²) in [5.74, 6) is 0.874. The fourth-order valence-electron chi connectivity index (χ4n) is 1.53. The van der Waals surface area contributed by atoms with Gasteiger partial charge in [0.05, 0.1) is 0 Å². The third-order valence-electron chi connectivity index (χ3n) is 2.47. The summed E-state index contributed by atoms with van der Waals surface area (Å²) in [5.41, 5.74) is -0.891. The number of unbranched alkanes of at least 4 members (excludes halogenated alkanes) is 1. The molecule has 0 aromatic rings. The molecule has 0 saturated carbocycles. The summed E-state index contributed by atoms with van der Waals surface area (Å²) in [6, 6.07) is 0. The van der Waals surface area contributed by atoms with Crippen molar-refractivity contribution in [3.63, 3.8) is 0 Å². The lowest BCUT2D eigenvalue weighted by atomic mass is 10.00. The van der Waals surface area contributed by atoms with Gasteiger partial charge in [-0.05, 0) is 25.0 Å². The molecule has 0 spiro atoms. The second-order valence-electron chi connectivity index (χ2n) is 3.66. The van der Waals surface area contributed by atoms with Crippen LogP contribution in [-0.2, 0) is 9.53 Å². The van der Waals surface area contributed by atoms with Crippen molar-refractivity contribution >= 4 is 17.7 Å². The van der Waals surface area contributed by atoms with Crippen LogP contribution in [0.15, 0.2) is 0 Å². The van der Waals surface area contributed by atoms with Crippen molar-refractivity contribution in [2.45, 2.75) is 38.2 Å². The summed E-state index contributed by atoms with van der Waals surface area (Å²) in [5, 5.41) is 9.15. The predicted molar refractivity (Wildman–Crippen MR) is 57.8 cm³/mol. The topological polar surface area (TPSA) is 46.5 Å². The minimum Gasteiger partial charge on any atom is -0.479 e. The third-order valence-corrected chi connectivity index (χ3v) is 3.72. The number of hydrogen-bond donors (Lipinski definition) is 1. The third kappa shape index (κ3) is 2.89. The van der Waals surface area contributed by atoms with E-state index in [0.29, 0.717) is 18.8 Å². The number of hydrogen-bond acceptors (Lipinski definition) is 3. The van der Waals surface area contributed by atoms with E-state index >= 15 is 0 Å². The summed E-state index contributed by atoms with van der Waals surface area (Å²) in [7, 11) is 0. The largest absolute Gasteiger partial charge is 0.479 e. The molecule has 1 N–H and O–H groups in total. The molecule has 4 heteroatoms. The average molecular weight is 218 g/mol. The van der Waals surface area contributed by atoms with E-state index in [9.17, 15) is 4.79 Å². The summed E-state index contributed by atoms with van der Waals surface area (Å²) in [4.78, 5) is 11.1. The van der Waals surface area contributed by atoms with Crippen molar-refractivity contribution in [2.24, 2.45) is 0 Å². The molecule has 0 amide bonds. The van der Waals surface area contributed by atoms with Crippen molar-refractivity contribution in [3.05, 3.63) is 0 Å². The standard InChI is InChI=1S/C10H18O3S/c1-2-3-6-13-10(9(11)12)5-4-7-14-8-10/h2-8H2,1H3,(H,11,12). The number of ether oxygens (including phenoxy) is 1. The van der Waals surface area contributed by atoms with Crippen LogP contribution in [0, 0.1) is 0 Å². The summed E-state index contributed by atoms with van der Waals surface area (Å²) in [6.45, 7) is 2.65. The second-order valence-corrected chi connectivity index (χ2v) is 4.76. The van der Waals surface area contributed by atoms with E-state index in [-0.39, 0.29) is 0 Å². The van der Waals surface area contributed by atoms with Crippen molar-refractivity contribution in [2.75, 3.05) is 18.1 Å². The van der Waals surface area contributed by atoms with Crippen LogP contribution in [0.4, 0.5) is 0 Å². The van der Waals surface area contributed by atoms with E-state index in [1.165, 1.54) is 0 Å². The van der Waals surface area contributed by atoms with Gasteiger partial charge < -0.3 is 9.84 Å². The van der Waals surface area contributed by atoms with Crippen molar-refractivity contribution in [3.8, 4) is 0 Å². The molecule has 14 heavy (non-hydrogen) atoms. The van der Waals surface area contributed by atoms with Crippen LogP contribution in [-0.4, -0.2) is 34.8 Å². The van der Waals surface area contributed by atoms with Crippen LogP contribution in [0.25, 0.3) is 0 Å². The molecule has 82 valence electrons. The Labute approximate surface area is 89.2 Å². The summed E-state index contributed by atoms with van der Waals surface area (Å²) < 4.78 is 5.55. The lowest BCUT2D eigenvalue weighted by molar-refractivity contribution is -0.164. The molecule has 1 aliphatic rings. The normalized spacial score (nSPS) is 27.5. The molecule has 1 atom stereocenters. The fraction of sp³-hybridized carbons (Fsp3) is 0.900. The minimum absolute atomic E-state index is 0.573. The molecular weight excluding hydrogens is 200 g/mol. The zero-order valence-electron chi connectivity index (χ0n) is 8.62. The van der Waals surface area contributed by atoms with Gasteiger partial charge in [0.2, 0.25) is 0 Å². The maximum Gasteiger partial charge on any atom is 0.336 e. The molecule has 3 nitrogen and oxygen atoms in total. The average Bonchev–Trinajstić information content (AvgIpc) is 2.19. The van der Waals surface area contributed by atoms with Crippen LogP contribution < -0.4 is 0 Å². The van der Waals surface area contributed by atoms with Crippen LogP contribution in [0.5, 0.6) is 0 Å². The van der Waals surface area contributed by atoms with Gasteiger partial charge in [0.15, 0.2) is 5.60 Å². The number of carboxylic acid groups (broad SMARTS) is 1. The Hall–Kier alpha value is -0.220. The molecule has 0 aliphatic carbocycles. The van der Waals surface area contributed by atoms with E-state index in [2.05, 4.69) is 6.92 Å². The number of aliphatic carboxylic acids is 1. The number of rotatable bonds is 5. The quantitative estimate of drug-likeness (QED) is 0.718. The highest BCUT2D eigenvalue weighted by molar-refractivity contribution is 7.99. The SMILES string of the molecule is CCCCOC1(C(=O)O)CCCSC1.